The van der Waals surface area contributed by atoms with Crippen molar-refractivity contribution in [2.75, 3.05) is 9.80 Å². The number of para-hydroxylation sites is 2. The summed E-state index contributed by atoms with van der Waals surface area (Å²) >= 11 is 0. The van der Waals surface area contributed by atoms with Gasteiger partial charge in [0.15, 0.2) is 0 Å². The normalized spacial score (nSPS) is 14.2. The lowest BCUT2D eigenvalue weighted by molar-refractivity contribution is 0.388. The van der Waals surface area contributed by atoms with E-state index in [0.29, 0.717) is 5.92 Å². The Morgan fingerprint density at radius 3 is 1.52 bits per heavy atom. The molecule has 0 amide bonds. The molecule has 0 N–H and O–H groups in total. The van der Waals surface area contributed by atoms with Gasteiger partial charge in [-0.2, -0.15) is 0 Å². The fourth-order valence-electron chi connectivity index (χ4n) is 10.8. The van der Waals surface area contributed by atoms with Crippen LogP contribution in [0.15, 0.2) is 200 Å². The number of hydrogen-bond acceptors (Lipinski definition) is 2. The SMILES string of the molecule is CC(C)C(C)N(c1cc2c3c(c1)C(c1ccccc1)(c1ccccc1)c1ccccc1B3c1ccccc1N2c1c(-c2ccccc2)cccc1-c1ccccc1)C(C)(C)C. The van der Waals surface area contributed by atoms with E-state index in [-0.39, 0.29) is 18.3 Å². The van der Waals surface area contributed by atoms with Crippen LogP contribution in [0.5, 0.6) is 0 Å². The Balaban J connectivity index is 1.43. The van der Waals surface area contributed by atoms with E-state index in [1.807, 2.05) is 0 Å². The van der Waals surface area contributed by atoms with Crippen LogP contribution in [0, 0.1) is 5.92 Å². The van der Waals surface area contributed by atoms with Crippen molar-refractivity contribution in [1.29, 1.82) is 0 Å². The highest BCUT2D eigenvalue weighted by atomic mass is 15.2. The molecular weight excluding hydrogens is 735 g/mol. The first-order chi connectivity index (χ1) is 29.7. The minimum Gasteiger partial charge on any atom is -0.364 e. The smallest absolute Gasteiger partial charge is 0.247 e. The molecule has 298 valence electrons. The third-order valence-corrected chi connectivity index (χ3v) is 13.5. The van der Waals surface area contributed by atoms with Gasteiger partial charge in [0, 0.05) is 39.8 Å². The highest BCUT2D eigenvalue weighted by Crippen LogP contribution is 2.53. The van der Waals surface area contributed by atoms with Crippen LogP contribution >= 0.6 is 0 Å². The number of nitrogens with zero attached hydrogens (tertiary/aromatic N) is 2. The maximum Gasteiger partial charge on any atom is 0.247 e. The molecule has 0 spiro atoms. The minimum atomic E-state index is -0.612. The van der Waals surface area contributed by atoms with E-state index in [9.17, 15) is 0 Å². The first-order valence-corrected chi connectivity index (χ1v) is 22.0. The fraction of sp³-hybridized carbons (Fsp3) is 0.172. The molecule has 2 aliphatic rings. The molecule has 0 aliphatic carbocycles. The van der Waals surface area contributed by atoms with E-state index in [1.54, 1.807) is 0 Å². The van der Waals surface area contributed by atoms with Gasteiger partial charge in [0.05, 0.1) is 11.1 Å². The molecule has 3 heteroatoms. The molecule has 0 saturated carbocycles. The molecule has 0 fully saturated rings. The Bertz CT molecular complexity index is 2750. The van der Waals surface area contributed by atoms with Crippen molar-refractivity contribution >= 4 is 45.9 Å². The van der Waals surface area contributed by atoms with Crippen LogP contribution in [0.25, 0.3) is 22.3 Å². The van der Waals surface area contributed by atoms with Gasteiger partial charge in [-0.05, 0) is 96.1 Å². The van der Waals surface area contributed by atoms with Gasteiger partial charge in [-0.3, -0.25) is 0 Å². The molecule has 1 unspecified atom stereocenters. The molecule has 2 aliphatic heterocycles. The number of benzene rings is 8. The summed E-state index contributed by atoms with van der Waals surface area (Å²) in [5.41, 5.74) is 18.1. The minimum absolute atomic E-state index is 0.0120. The van der Waals surface area contributed by atoms with Crippen molar-refractivity contribution in [3.63, 3.8) is 0 Å². The lowest BCUT2D eigenvalue weighted by Crippen LogP contribution is -2.65. The fourth-order valence-corrected chi connectivity index (χ4v) is 10.8. The van der Waals surface area contributed by atoms with E-state index in [2.05, 4.69) is 252 Å². The van der Waals surface area contributed by atoms with Crippen molar-refractivity contribution < 1.29 is 0 Å². The van der Waals surface area contributed by atoms with Gasteiger partial charge in [-0.25, -0.2) is 0 Å². The van der Waals surface area contributed by atoms with E-state index in [0.717, 1.165) is 0 Å². The zero-order valence-corrected chi connectivity index (χ0v) is 36.2. The van der Waals surface area contributed by atoms with E-state index in [1.165, 1.54) is 83.6 Å². The van der Waals surface area contributed by atoms with Crippen LogP contribution < -0.4 is 26.2 Å². The van der Waals surface area contributed by atoms with Crippen LogP contribution in [-0.4, -0.2) is 18.3 Å². The van der Waals surface area contributed by atoms with Gasteiger partial charge in [0.1, 0.15) is 0 Å². The summed E-state index contributed by atoms with van der Waals surface area (Å²) in [7, 11) is 0. The molecule has 0 saturated heterocycles. The van der Waals surface area contributed by atoms with Crippen molar-refractivity contribution in [1.82, 2.24) is 0 Å². The van der Waals surface area contributed by atoms with Gasteiger partial charge in [0.2, 0.25) is 6.71 Å². The molecule has 10 rings (SSSR count). The second-order valence-corrected chi connectivity index (χ2v) is 18.3. The maximum atomic E-state index is 2.70. The highest BCUT2D eigenvalue weighted by molar-refractivity contribution is 6.99. The average Bonchev–Trinajstić information content (AvgIpc) is 3.29. The quantitative estimate of drug-likeness (QED) is 0.142. The molecule has 1 atom stereocenters. The summed E-state index contributed by atoms with van der Waals surface area (Å²) in [6.07, 6.45) is 0. The second kappa shape index (κ2) is 15.2. The number of fused-ring (bicyclic) bond motifs is 4. The van der Waals surface area contributed by atoms with Gasteiger partial charge >= 0.3 is 0 Å². The Kier molecular flexibility index (Phi) is 9.60. The maximum absolute atomic E-state index is 2.70. The van der Waals surface area contributed by atoms with E-state index < -0.39 is 5.41 Å². The number of anilines is 4. The molecule has 0 bridgehead atoms. The lowest BCUT2D eigenvalue weighted by atomic mass is 9.29. The van der Waals surface area contributed by atoms with Gasteiger partial charge in [0.25, 0.3) is 0 Å². The van der Waals surface area contributed by atoms with Gasteiger partial charge in [-0.15, -0.1) is 0 Å². The number of rotatable bonds is 8. The van der Waals surface area contributed by atoms with E-state index >= 15 is 0 Å². The summed E-state index contributed by atoms with van der Waals surface area (Å²) < 4.78 is 0. The zero-order chi connectivity index (χ0) is 41.9. The van der Waals surface area contributed by atoms with Crippen LogP contribution in [0.3, 0.4) is 0 Å². The predicted molar refractivity (Wildman–Crippen MR) is 261 cm³/mol. The monoisotopic (exact) mass is 788 g/mol. The average molecular weight is 789 g/mol. The summed E-state index contributed by atoms with van der Waals surface area (Å²) in [5.74, 6) is 0.424. The van der Waals surface area contributed by atoms with Crippen molar-refractivity contribution in [3.8, 4) is 22.3 Å². The summed E-state index contributed by atoms with van der Waals surface area (Å²) in [6.45, 7) is 14.3. The van der Waals surface area contributed by atoms with Crippen molar-refractivity contribution in [3.05, 3.63) is 222 Å². The third-order valence-electron chi connectivity index (χ3n) is 13.5. The molecule has 0 aromatic heterocycles. The Hall–Kier alpha value is -6.58. The van der Waals surface area contributed by atoms with Crippen LogP contribution in [0.4, 0.5) is 22.7 Å². The summed E-state index contributed by atoms with van der Waals surface area (Å²) in [5, 5.41) is 0. The third kappa shape index (κ3) is 6.16. The van der Waals surface area contributed by atoms with E-state index in [4.69, 9.17) is 0 Å². The highest BCUT2D eigenvalue weighted by Gasteiger charge is 2.52. The topological polar surface area (TPSA) is 6.48 Å². The largest absolute Gasteiger partial charge is 0.364 e. The summed E-state index contributed by atoms with van der Waals surface area (Å²) in [6, 6.07) is 75.3. The van der Waals surface area contributed by atoms with Crippen LogP contribution in [0.1, 0.15) is 63.8 Å². The van der Waals surface area contributed by atoms with Crippen LogP contribution in [0.2, 0.25) is 0 Å². The molecule has 2 nitrogen and oxygen atoms in total. The van der Waals surface area contributed by atoms with Gasteiger partial charge in [-0.1, -0.05) is 201 Å². The lowest BCUT2D eigenvalue weighted by Gasteiger charge is -2.51. The first-order valence-electron chi connectivity index (χ1n) is 22.0. The molecule has 2 heterocycles. The molecule has 61 heavy (non-hydrogen) atoms. The first kappa shape index (κ1) is 38.6. The van der Waals surface area contributed by atoms with Gasteiger partial charge < -0.3 is 9.80 Å². The Morgan fingerprint density at radius 1 is 0.492 bits per heavy atom. The van der Waals surface area contributed by atoms with Crippen LogP contribution in [-0.2, 0) is 5.41 Å². The molecule has 8 aromatic rings. The van der Waals surface area contributed by atoms with Crippen molar-refractivity contribution in [2.24, 2.45) is 5.92 Å². The Labute approximate surface area is 363 Å². The summed E-state index contributed by atoms with van der Waals surface area (Å²) in [4.78, 5) is 5.35. The Morgan fingerprint density at radius 2 is 0.984 bits per heavy atom. The number of hydrogen-bond donors (Lipinski definition) is 0. The predicted octanol–water partition coefficient (Wildman–Crippen LogP) is 12.7. The second-order valence-electron chi connectivity index (χ2n) is 18.3. The molecular formula is C58H53BN2. The molecule has 0 radical (unpaired) electrons. The molecule has 8 aromatic carbocycles. The zero-order valence-electron chi connectivity index (χ0n) is 36.2. The van der Waals surface area contributed by atoms with Crippen molar-refractivity contribution in [2.45, 2.75) is 58.5 Å². The standard InChI is InChI=1S/C58H53BN2/c1-40(2)41(3)61(57(4,5)6)46-38-50-55-54(39-46)60(56-47(42-24-11-7-12-25-42)32-23-33-48(56)43-26-13-8-14-27-43)53-37-22-21-36-52(53)59(55)51-35-20-19-34-49(51)58(50,44-28-15-9-16-29-44)45-30-17-10-18-31-45/h7-41H,1-6H3.